The van der Waals surface area contributed by atoms with Gasteiger partial charge in [-0.25, -0.2) is 9.59 Å². The van der Waals surface area contributed by atoms with Gasteiger partial charge in [-0.05, 0) is 31.0 Å². The number of esters is 2. The third-order valence-electron chi connectivity index (χ3n) is 4.19. The molecule has 2 atom stereocenters. The van der Waals surface area contributed by atoms with Gasteiger partial charge in [0.25, 0.3) is 0 Å². The summed E-state index contributed by atoms with van der Waals surface area (Å²) in [5, 5.41) is 0. The first-order chi connectivity index (χ1) is 12.5. The molecule has 0 unspecified atom stereocenters. The van der Waals surface area contributed by atoms with E-state index < -0.39 is 23.9 Å². The Labute approximate surface area is 152 Å². The number of carbonyl (C=O) groups is 3. The summed E-state index contributed by atoms with van der Waals surface area (Å²) in [5.74, 6) is -1.03. The van der Waals surface area contributed by atoms with E-state index in [4.69, 9.17) is 14.2 Å². The average Bonchev–Trinajstić information content (AvgIpc) is 2.66. The summed E-state index contributed by atoms with van der Waals surface area (Å²) < 4.78 is 15.1. The van der Waals surface area contributed by atoms with E-state index in [1.807, 2.05) is 24.3 Å². The van der Waals surface area contributed by atoms with Crippen molar-refractivity contribution >= 4 is 18.2 Å². The molecule has 1 aromatic carbocycles. The number of ether oxygens (including phenoxy) is 3. The Morgan fingerprint density at radius 3 is 2.69 bits per heavy atom. The van der Waals surface area contributed by atoms with Crippen molar-refractivity contribution in [3.63, 3.8) is 0 Å². The summed E-state index contributed by atoms with van der Waals surface area (Å²) in [7, 11) is 2.85. The van der Waals surface area contributed by atoms with Crippen molar-refractivity contribution in [1.29, 1.82) is 0 Å². The number of aldehydes is 1. The van der Waals surface area contributed by atoms with Crippen LogP contribution in [0, 0.1) is 5.92 Å². The molecule has 1 aliphatic heterocycles. The van der Waals surface area contributed by atoms with Crippen molar-refractivity contribution in [3.05, 3.63) is 41.6 Å². The van der Waals surface area contributed by atoms with Crippen molar-refractivity contribution in [1.82, 2.24) is 4.90 Å². The monoisotopic (exact) mass is 361 g/mol. The molecule has 0 fully saturated rings. The van der Waals surface area contributed by atoms with E-state index in [0.717, 1.165) is 5.56 Å². The van der Waals surface area contributed by atoms with Gasteiger partial charge in [0.15, 0.2) is 0 Å². The fraction of sp³-hybridized carbons (Fsp3) is 0.421. The van der Waals surface area contributed by atoms with Gasteiger partial charge in [-0.1, -0.05) is 12.1 Å². The first-order valence-corrected chi connectivity index (χ1v) is 8.33. The minimum absolute atomic E-state index is 0.133. The third-order valence-corrected chi connectivity index (χ3v) is 4.19. The zero-order valence-electron chi connectivity index (χ0n) is 15.1. The van der Waals surface area contributed by atoms with Gasteiger partial charge in [0.1, 0.15) is 18.1 Å². The maximum atomic E-state index is 12.4. The van der Waals surface area contributed by atoms with Crippen molar-refractivity contribution < 1.29 is 28.6 Å². The molecule has 0 aliphatic carbocycles. The summed E-state index contributed by atoms with van der Waals surface area (Å²) in [4.78, 5) is 37.7. The summed E-state index contributed by atoms with van der Waals surface area (Å²) in [6.07, 6.45) is 2.40. The van der Waals surface area contributed by atoms with Crippen LogP contribution in [0.5, 0.6) is 5.75 Å². The third kappa shape index (κ3) is 4.41. The normalized spacial score (nSPS) is 19.3. The average molecular weight is 361 g/mol. The molecule has 0 N–H and O–H groups in total. The zero-order valence-corrected chi connectivity index (χ0v) is 15.1. The molecule has 1 aliphatic rings. The van der Waals surface area contributed by atoms with E-state index in [1.54, 1.807) is 25.1 Å². The molecule has 0 amide bonds. The standard InChI is InChI=1S/C19H23NO6/c1-4-26-19(23)17-15(12-21)9-14(18(22)25-3)11-20(17)10-13-6-5-7-16(8-13)24-2/h5-8,11-12,15,17H,4,9-10H2,1-3H3/t15-,17+/m1/s1. The summed E-state index contributed by atoms with van der Waals surface area (Å²) in [6.45, 7) is 2.23. The first kappa shape index (κ1) is 19.5. The van der Waals surface area contributed by atoms with Gasteiger partial charge in [-0.15, -0.1) is 0 Å². The number of hydrogen-bond donors (Lipinski definition) is 0. The molecular weight excluding hydrogens is 338 g/mol. The summed E-state index contributed by atoms with van der Waals surface area (Å²) >= 11 is 0. The van der Waals surface area contributed by atoms with Crippen LogP contribution in [0.1, 0.15) is 18.9 Å². The molecule has 0 saturated carbocycles. The highest BCUT2D eigenvalue weighted by Crippen LogP contribution is 2.29. The van der Waals surface area contributed by atoms with Crippen LogP contribution in [0.2, 0.25) is 0 Å². The minimum atomic E-state index is -0.799. The fourth-order valence-corrected chi connectivity index (χ4v) is 3.00. The number of benzene rings is 1. The lowest BCUT2D eigenvalue weighted by molar-refractivity contribution is -0.153. The zero-order chi connectivity index (χ0) is 19.1. The van der Waals surface area contributed by atoms with Crippen molar-refractivity contribution in [2.45, 2.75) is 25.9 Å². The van der Waals surface area contributed by atoms with Crippen LogP contribution < -0.4 is 4.74 Å². The van der Waals surface area contributed by atoms with Crippen LogP contribution in [0.3, 0.4) is 0 Å². The second kappa shape index (κ2) is 9.03. The first-order valence-electron chi connectivity index (χ1n) is 8.33. The predicted octanol–water partition coefficient (Wildman–Crippen LogP) is 1.70. The van der Waals surface area contributed by atoms with E-state index in [0.29, 0.717) is 24.2 Å². The van der Waals surface area contributed by atoms with Crippen LogP contribution in [-0.4, -0.2) is 50.0 Å². The summed E-state index contributed by atoms with van der Waals surface area (Å²) in [6, 6.07) is 6.55. The van der Waals surface area contributed by atoms with Gasteiger partial charge in [0.2, 0.25) is 0 Å². The smallest absolute Gasteiger partial charge is 0.335 e. The highest BCUT2D eigenvalue weighted by molar-refractivity contribution is 5.90. The van der Waals surface area contributed by atoms with Crippen LogP contribution >= 0.6 is 0 Å². The second-order valence-corrected chi connectivity index (χ2v) is 5.87. The molecular formula is C19H23NO6. The Hall–Kier alpha value is -2.83. The SMILES string of the molecule is CCOC(=O)[C@@H]1[C@@H](C=O)CC(C(=O)OC)=CN1Cc1cccc(OC)c1. The Balaban J connectivity index is 2.39. The van der Waals surface area contributed by atoms with Crippen molar-refractivity contribution in [2.24, 2.45) is 5.92 Å². The molecule has 0 aromatic heterocycles. The number of carbonyl (C=O) groups excluding carboxylic acids is 3. The minimum Gasteiger partial charge on any atom is -0.497 e. The molecule has 7 nitrogen and oxygen atoms in total. The molecule has 26 heavy (non-hydrogen) atoms. The van der Waals surface area contributed by atoms with E-state index >= 15 is 0 Å². The van der Waals surface area contributed by atoms with Gasteiger partial charge >= 0.3 is 11.9 Å². The van der Waals surface area contributed by atoms with E-state index in [1.165, 1.54) is 7.11 Å². The van der Waals surface area contributed by atoms with Gasteiger partial charge in [0.05, 0.1) is 32.3 Å². The number of nitrogens with zero attached hydrogens (tertiary/aromatic N) is 1. The van der Waals surface area contributed by atoms with Crippen LogP contribution in [-0.2, 0) is 30.4 Å². The lowest BCUT2D eigenvalue weighted by Crippen LogP contribution is -2.48. The molecule has 0 saturated heterocycles. The number of rotatable bonds is 7. The maximum Gasteiger partial charge on any atom is 0.335 e. The van der Waals surface area contributed by atoms with Gasteiger partial charge in [-0.2, -0.15) is 0 Å². The van der Waals surface area contributed by atoms with E-state index in [-0.39, 0.29) is 13.0 Å². The Morgan fingerprint density at radius 2 is 2.08 bits per heavy atom. The number of hydrogen-bond acceptors (Lipinski definition) is 7. The predicted molar refractivity (Wildman–Crippen MR) is 93.2 cm³/mol. The molecule has 1 aromatic rings. The highest BCUT2D eigenvalue weighted by atomic mass is 16.5. The Kier molecular flexibility index (Phi) is 6.77. The fourth-order valence-electron chi connectivity index (χ4n) is 3.00. The van der Waals surface area contributed by atoms with E-state index in [2.05, 4.69) is 0 Å². The van der Waals surface area contributed by atoms with E-state index in [9.17, 15) is 14.4 Å². The van der Waals surface area contributed by atoms with Gasteiger partial charge < -0.3 is 23.9 Å². The van der Waals surface area contributed by atoms with Crippen LogP contribution in [0.25, 0.3) is 0 Å². The molecule has 7 heteroatoms. The van der Waals surface area contributed by atoms with Gasteiger partial charge in [0, 0.05) is 12.7 Å². The van der Waals surface area contributed by atoms with Crippen molar-refractivity contribution in [3.8, 4) is 5.75 Å². The molecule has 1 heterocycles. The van der Waals surface area contributed by atoms with Crippen molar-refractivity contribution in [2.75, 3.05) is 20.8 Å². The highest BCUT2D eigenvalue weighted by Gasteiger charge is 2.39. The van der Waals surface area contributed by atoms with Gasteiger partial charge in [-0.3, -0.25) is 0 Å². The topological polar surface area (TPSA) is 82.1 Å². The maximum absolute atomic E-state index is 12.4. The summed E-state index contributed by atoms with van der Waals surface area (Å²) in [5.41, 5.74) is 1.21. The lowest BCUT2D eigenvalue weighted by atomic mass is 9.88. The molecule has 140 valence electrons. The molecule has 0 spiro atoms. The quantitative estimate of drug-likeness (QED) is 0.540. The number of methoxy groups -OCH3 is 2. The van der Waals surface area contributed by atoms with Crippen LogP contribution in [0.4, 0.5) is 0 Å². The second-order valence-electron chi connectivity index (χ2n) is 5.87. The lowest BCUT2D eigenvalue weighted by Gasteiger charge is -2.36. The molecule has 2 rings (SSSR count). The molecule has 0 radical (unpaired) electrons. The largest absolute Gasteiger partial charge is 0.497 e. The van der Waals surface area contributed by atoms with Crippen LogP contribution in [0.15, 0.2) is 36.0 Å². The Morgan fingerprint density at radius 1 is 1.31 bits per heavy atom. The Bertz CT molecular complexity index is 699. The molecule has 0 bridgehead atoms.